The molecule has 1 heterocycles. The van der Waals surface area contributed by atoms with Gasteiger partial charge in [0.05, 0.1) is 0 Å². The van der Waals surface area contributed by atoms with E-state index in [4.69, 9.17) is 11.6 Å². The van der Waals surface area contributed by atoms with Crippen LogP contribution in [0.2, 0.25) is 5.02 Å². The van der Waals surface area contributed by atoms with E-state index in [2.05, 4.69) is 17.1 Å². The molecule has 116 valence electrons. The molecule has 5 heteroatoms. The Balaban J connectivity index is 1.85. The average Bonchev–Trinajstić information content (AvgIpc) is 2.42. The Morgan fingerprint density at radius 2 is 2.14 bits per heavy atom. The fraction of sp³-hybridized carbons (Fsp3) is 0.562. The lowest BCUT2D eigenvalue weighted by atomic mass is 9.90. The Morgan fingerprint density at radius 1 is 1.48 bits per heavy atom. The van der Waals surface area contributed by atoms with Gasteiger partial charge in [-0.1, -0.05) is 17.7 Å². The smallest absolute Gasteiger partial charge is 0.217 e. The summed E-state index contributed by atoms with van der Waals surface area (Å²) in [5.41, 5.74) is 0.688. The molecule has 0 spiro atoms. The van der Waals surface area contributed by atoms with Gasteiger partial charge in [0, 0.05) is 30.1 Å². The van der Waals surface area contributed by atoms with Crippen molar-refractivity contribution < 1.29 is 9.18 Å². The van der Waals surface area contributed by atoms with Crippen molar-refractivity contribution in [2.45, 2.75) is 39.3 Å². The minimum Gasteiger partial charge on any atom is -0.354 e. The number of benzene rings is 1. The second-order valence-electron chi connectivity index (χ2n) is 5.84. The third kappa shape index (κ3) is 4.68. The molecule has 0 radical (unpaired) electrons. The van der Waals surface area contributed by atoms with Gasteiger partial charge >= 0.3 is 0 Å². The number of carbonyl (C=O) groups is 1. The van der Waals surface area contributed by atoms with Crippen molar-refractivity contribution in [3.8, 4) is 0 Å². The standard InChI is InChI=1S/C16H22ClFN2O/c1-11(19-12(2)21)13-5-7-20(8-6-13)10-14-3-4-15(17)9-16(14)18/h3-4,9,11,13H,5-8,10H2,1-2H3,(H,19,21)/t11-/m1/s1. The first-order valence-electron chi connectivity index (χ1n) is 7.39. The van der Waals surface area contributed by atoms with E-state index in [1.807, 2.05) is 0 Å². The quantitative estimate of drug-likeness (QED) is 0.926. The molecule has 0 aromatic heterocycles. The maximum Gasteiger partial charge on any atom is 0.217 e. The molecule has 0 bridgehead atoms. The van der Waals surface area contributed by atoms with Gasteiger partial charge in [0.2, 0.25) is 5.91 Å². The van der Waals surface area contributed by atoms with E-state index in [-0.39, 0.29) is 17.8 Å². The molecule has 1 aromatic carbocycles. The summed E-state index contributed by atoms with van der Waals surface area (Å²) in [6.07, 6.45) is 2.05. The molecule has 1 fully saturated rings. The van der Waals surface area contributed by atoms with Crippen molar-refractivity contribution in [1.82, 2.24) is 10.2 Å². The molecular formula is C16H22ClFN2O. The molecule has 0 aliphatic carbocycles. The predicted octanol–water partition coefficient (Wildman–Crippen LogP) is 3.22. The molecule has 1 atom stereocenters. The van der Waals surface area contributed by atoms with Gasteiger partial charge in [-0.15, -0.1) is 0 Å². The lowest BCUT2D eigenvalue weighted by molar-refractivity contribution is -0.120. The summed E-state index contributed by atoms with van der Waals surface area (Å²) in [7, 11) is 0. The van der Waals surface area contributed by atoms with Crippen LogP contribution in [-0.2, 0) is 11.3 Å². The Kier molecular flexibility index (Phi) is 5.59. The first-order valence-corrected chi connectivity index (χ1v) is 7.77. The van der Waals surface area contributed by atoms with Crippen LogP contribution in [0.4, 0.5) is 4.39 Å². The summed E-state index contributed by atoms with van der Waals surface area (Å²) < 4.78 is 13.8. The van der Waals surface area contributed by atoms with Gasteiger partial charge in [-0.05, 0) is 50.9 Å². The molecule has 1 aliphatic rings. The summed E-state index contributed by atoms with van der Waals surface area (Å²) in [5, 5.41) is 3.39. The van der Waals surface area contributed by atoms with E-state index in [0.29, 0.717) is 23.0 Å². The van der Waals surface area contributed by atoms with Crippen LogP contribution in [0.5, 0.6) is 0 Å². The zero-order valence-corrected chi connectivity index (χ0v) is 13.3. The third-order valence-corrected chi connectivity index (χ3v) is 4.41. The average molecular weight is 313 g/mol. The third-order valence-electron chi connectivity index (χ3n) is 4.18. The molecule has 2 rings (SSSR count). The van der Waals surface area contributed by atoms with Gasteiger partial charge in [-0.25, -0.2) is 4.39 Å². The molecule has 0 unspecified atom stereocenters. The van der Waals surface area contributed by atoms with E-state index in [9.17, 15) is 9.18 Å². The number of likely N-dealkylation sites (tertiary alicyclic amines) is 1. The summed E-state index contributed by atoms with van der Waals surface area (Å²) in [5.74, 6) is 0.282. The monoisotopic (exact) mass is 312 g/mol. The Hall–Kier alpha value is -1.13. The minimum absolute atomic E-state index is 0.0214. The van der Waals surface area contributed by atoms with Crippen LogP contribution in [0.15, 0.2) is 18.2 Å². The summed E-state index contributed by atoms with van der Waals surface area (Å²) in [6.45, 7) is 6.08. The van der Waals surface area contributed by atoms with E-state index >= 15 is 0 Å². The number of nitrogens with zero attached hydrogens (tertiary/aromatic N) is 1. The van der Waals surface area contributed by atoms with E-state index in [1.165, 1.54) is 6.07 Å². The molecule has 0 saturated carbocycles. The number of nitrogens with one attached hydrogen (secondary N) is 1. The largest absolute Gasteiger partial charge is 0.354 e. The first-order chi connectivity index (χ1) is 9.95. The van der Waals surface area contributed by atoms with Crippen molar-refractivity contribution in [3.63, 3.8) is 0 Å². The summed E-state index contributed by atoms with van der Waals surface area (Å²) in [4.78, 5) is 13.3. The van der Waals surface area contributed by atoms with Crippen LogP contribution >= 0.6 is 11.6 Å². The second kappa shape index (κ2) is 7.23. The van der Waals surface area contributed by atoms with E-state index in [1.54, 1.807) is 19.1 Å². The Labute approximate surface area is 130 Å². The number of piperidine rings is 1. The highest BCUT2D eigenvalue weighted by molar-refractivity contribution is 6.30. The Bertz CT molecular complexity index is 501. The Morgan fingerprint density at radius 3 is 2.71 bits per heavy atom. The molecular weight excluding hydrogens is 291 g/mol. The molecule has 3 nitrogen and oxygen atoms in total. The van der Waals surface area contributed by atoms with E-state index in [0.717, 1.165) is 25.9 Å². The molecule has 1 aliphatic heterocycles. The zero-order valence-electron chi connectivity index (χ0n) is 12.5. The number of hydrogen-bond donors (Lipinski definition) is 1. The fourth-order valence-corrected chi connectivity index (χ4v) is 3.10. The maximum absolute atomic E-state index is 13.8. The van der Waals surface area contributed by atoms with Crippen LogP contribution in [0, 0.1) is 11.7 Å². The normalized spacial score (nSPS) is 18.5. The van der Waals surface area contributed by atoms with Gasteiger partial charge in [0.25, 0.3) is 0 Å². The maximum atomic E-state index is 13.8. The lowest BCUT2D eigenvalue weighted by Crippen LogP contribution is -2.43. The number of amides is 1. The van der Waals surface area contributed by atoms with Crippen LogP contribution in [0.25, 0.3) is 0 Å². The van der Waals surface area contributed by atoms with Crippen LogP contribution < -0.4 is 5.32 Å². The highest BCUT2D eigenvalue weighted by Gasteiger charge is 2.24. The van der Waals surface area contributed by atoms with Gasteiger partial charge in [0.1, 0.15) is 5.82 Å². The highest BCUT2D eigenvalue weighted by atomic mass is 35.5. The number of hydrogen-bond acceptors (Lipinski definition) is 2. The fourth-order valence-electron chi connectivity index (χ4n) is 2.94. The van der Waals surface area contributed by atoms with Crippen LogP contribution in [0.1, 0.15) is 32.3 Å². The van der Waals surface area contributed by atoms with Crippen molar-refractivity contribution in [1.29, 1.82) is 0 Å². The molecule has 21 heavy (non-hydrogen) atoms. The highest BCUT2D eigenvalue weighted by Crippen LogP contribution is 2.23. The number of rotatable bonds is 4. The van der Waals surface area contributed by atoms with Gasteiger partial charge < -0.3 is 5.32 Å². The van der Waals surface area contributed by atoms with Gasteiger partial charge in [0.15, 0.2) is 0 Å². The molecule has 1 N–H and O–H groups in total. The summed E-state index contributed by atoms with van der Waals surface area (Å²) in [6, 6.07) is 5.05. The van der Waals surface area contributed by atoms with Crippen LogP contribution in [0.3, 0.4) is 0 Å². The second-order valence-corrected chi connectivity index (χ2v) is 6.27. The van der Waals surface area contributed by atoms with E-state index < -0.39 is 0 Å². The predicted molar refractivity (Wildman–Crippen MR) is 82.7 cm³/mol. The zero-order chi connectivity index (χ0) is 15.4. The lowest BCUT2D eigenvalue weighted by Gasteiger charge is -2.35. The van der Waals surface area contributed by atoms with Crippen molar-refractivity contribution in [2.75, 3.05) is 13.1 Å². The van der Waals surface area contributed by atoms with Gasteiger partial charge in [-0.3, -0.25) is 9.69 Å². The number of carbonyl (C=O) groups excluding carboxylic acids is 1. The topological polar surface area (TPSA) is 32.3 Å². The first kappa shape index (κ1) is 16.2. The van der Waals surface area contributed by atoms with Crippen molar-refractivity contribution >= 4 is 17.5 Å². The molecule has 1 aromatic rings. The van der Waals surface area contributed by atoms with Crippen molar-refractivity contribution in [3.05, 3.63) is 34.6 Å². The minimum atomic E-state index is -0.240. The number of halogens is 2. The van der Waals surface area contributed by atoms with Crippen LogP contribution in [-0.4, -0.2) is 29.9 Å². The van der Waals surface area contributed by atoms with Crippen molar-refractivity contribution in [2.24, 2.45) is 5.92 Å². The SMILES string of the molecule is CC(=O)N[C@H](C)C1CCN(Cc2ccc(Cl)cc2F)CC1. The molecule has 1 amide bonds. The van der Waals surface area contributed by atoms with Gasteiger partial charge in [-0.2, -0.15) is 0 Å². The molecule has 1 saturated heterocycles. The summed E-state index contributed by atoms with van der Waals surface area (Å²) >= 11 is 5.77.